The van der Waals surface area contributed by atoms with Gasteiger partial charge in [-0.05, 0) is 12.1 Å². The molecule has 0 spiro atoms. The van der Waals surface area contributed by atoms with Crippen LogP contribution in [0.15, 0.2) is 29.9 Å². The van der Waals surface area contributed by atoms with Gasteiger partial charge in [-0.3, -0.25) is 0 Å². The molecule has 1 aromatic carbocycles. The van der Waals surface area contributed by atoms with E-state index >= 15 is 0 Å². The molecule has 0 bridgehead atoms. The summed E-state index contributed by atoms with van der Waals surface area (Å²) >= 11 is 7.26. The molecule has 0 aliphatic heterocycles. The number of aryl methyl sites for hydroxylation is 1. The number of fused-ring (bicyclic) bond motifs is 1. The van der Waals surface area contributed by atoms with Gasteiger partial charge in [0, 0.05) is 18.0 Å². The zero-order chi connectivity index (χ0) is 11.1. The Bertz CT molecular complexity index is 656. The van der Waals surface area contributed by atoms with Crippen LogP contribution in [0.4, 0.5) is 0 Å². The molecule has 2 heterocycles. The van der Waals surface area contributed by atoms with Crippen LogP contribution in [-0.2, 0) is 7.05 Å². The Hall–Kier alpha value is -1.39. The minimum atomic E-state index is 0.566. The van der Waals surface area contributed by atoms with Crippen LogP contribution in [0.5, 0.6) is 0 Å². The van der Waals surface area contributed by atoms with Crippen LogP contribution in [-0.4, -0.2) is 14.5 Å². The second-order valence-electron chi connectivity index (χ2n) is 3.54. The Morgan fingerprint density at radius 1 is 1.38 bits per heavy atom. The molecule has 3 nitrogen and oxygen atoms in total. The molecule has 0 amide bonds. The maximum Gasteiger partial charge on any atom is 0.184 e. The van der Waals surface area contributed by atoms with E-state index < -0.39 is 0 Å². The van der Waals surface area contributed by atoms with E-state index in [1.54, 1.807) is 0 Å². The van der Waals surface area contributed by atoms with Crippen molar-refractivity contribution in [2.24, 2.45) is 7.05 Å². The summed E-state index contributed by atoms with van der Waals surface area (Å²) in [6, 6.07) is 6.11. The van der Waals surface area contributed by atoms with Crippen LogP contribution in [0.1, 0.15) is 0 Å². The molecule has 0 aliphatic carbocycles. The lowest BCUT2D eigenvalue weighted by atomic mass is 10.1. The van der Waals surface area contributed by atoms with Crippen molar-refractivity contribution in [3.8, 4) is 11.3 Å². The third-order valence-electron chi connectivity index (χ3n) is 2.50. The van der Waals surface area contributed by atoms with Crippen LogP contribution in [0.25, 0.3) is 22.3 Å². The molecular weight excluding hydrogens is 242 g/mol. The number of halogens is 1. The average molecular weight is 250 g/mol. The first-order valence-corrected chi connectivity index (χ1v) is 6.02. The minimum absolute atomic E-state index is 0.566. The maximum absolute atomic E-state index is 5.82. The fourth-order valence-electron chi connectivity index (χ4n) is 1.68. The zero-order valence-electron chi connectivity index (χ0n) is 8.51. The normalized spacial score (nSPS) is 11.1. The second-order valence-corrected chi connectivity index (χ2v) is 4.98. The number of hydrogen-bond donors (Lipinski definition) is 0. The van der Waals surface area contributed by atoms with Gasteiger partial charge < -0.3 is 4.57 Å². The topological polar surface area (TPSA) is 30.7 Å². The van der Waals surface area contributed by atoms with Gasteiger partial charge >= 0.3 is 0 Å². The largest absolute Gasteiger partial charge is 0.334 e. The van der Waals surface area contributed by atoms with Crippen molar-refractivity contribution in [3.63, 3.8) is 0 Å². The fraction of sp³-hybridized carbons (Fsp3) is 0.0909. The van der Waals surface area contributed by atoms with E-state index in [0.29, 0.717) is 4.47 Å². The van der Waals surface area contributed by atoms with Gasteiger partial charge in [-0.1, -0.05) is 17.7 Å². The van der Waals surface area contributed by atoms with Gasteiger partial charge in [-0.25, -0.2) is 9.97 Å². The maximum atomic E-state index is 5.82. The predicted molar refractivity (Wildman–Crippen MR) is 66.8 cm³/mol. The first-order valence-electron chi connectivity index (χ1n) is 4.76. The number of benzene rings is 1. The third kappa shape index (κ3) is 1.50. The lowest BCUT2D eigenvalue weighted by molar-refractivity contribution is 0.948. The average Bonchev–Trinajstić information content (AvgIpc) is 2.86. The molecule has 0 saturated carbocycles. The molecule has 3 aromatic rings. The van der Waals surface area contributed by atoms with Crippen molar-refractivity contribution in [1.29, 1.82) is 0 Å². The van der Waals surface area contributed by atoms with Gasteiger partial charge in [0.25, 0.3) is 0 Å². The van der Waals surface area contributed by atoms with E-state index in [2.05, 4.69) is 9.97 Å². The highest BCUT2D eigenvalue weighted by Gasteiger charge is 2.05. The fourth-order valence-corrected chi connectivity index (χ4v) is 2.45. The highest BCUT2D eigenvalue weighted by molar-refractivity contribution is 7.14. The van der Waals surface area contributed by atoms with Crippen LogP contribution >= 0.6 is 22.9 Å². The third-order valence-corrected chi connectivity index (χ3v) is 3.48. The molecule has 0 unspecified atom stereocenters. The molecule has 16 heavy (non-hydrogen) atoms. The van der Waals surface area contributed by atoms with Gasteiger partial charge in [-0.15, -0.1) is 11.3 Å². The molecule has 0 fully saturated rings. The van der Waals surface area contributed by atoms with Crippen molar-refractivity contribution in [2.75, 3.05) is 0 Å². The van der Waals surface area contributed by atoms with Crippen molar-refractivity contribution in [1.82, 2.24) is 14.5 Å². The first-order chi connectivity index (χ1) is 7.74. The van der Waals surface area contributed by atoms with E-state index in [1.165, 1.54) is 11.3 Å². The Labute approximate surface area is 101 Å². The predicted octanol–water partition coefficient (Wildman–Crippen LogP) is 3.35. The van der Waals surface area contributed by atoms with E-state index in [-0.39, 0.29) is 0 Å². The Morgan fingerprint density at radius 2 is 2.25 bits per heavy atom. The smallest absolute Gasteiger partial charge is 0.184 e. The minimum Gasteiger partial charge on any atom is -0.334 e. The van der Waals surface area contributed by atoms with Gasteiger partial charge in [0.1, 0.15) is 0 Å². The van der Waals surface area contributed by atoms with Gasteiger partial charge in [0.15, 0.2) is 4.47 Å². The monoisotopic (exact) mass is 249 g/mol. The molecule has 0 N–H and O–H groups in total. The molecule has 5 heteroatoms. The number of imidazole rings is 1. The summed E-state index contributed by atoms with van der Waals surface area (Å²) in [4.78, 5) is 8.56. The SMILES string of the molecule is Cn1cnc2cc(-c3csc(Cl)n3)ccc21. The Morgan fingerprint density at radius 3 is 3.00 bits per heavy atom. The summed E-state index contributed by atoms with van der Waals surface area (Å²) in [5.41, 5.74) is 4.05. The van der Waals surface area contributed by atoms with Crippen molar-refractivity contribution >= 4 is 34.0 Å². The molecule has 0 saturated heterocycles. The molecule has 0 atom stereocenters. The van der Waals surface area contributed by atoms with Crippen LogP contribution in [0, 0.1) is 0 Å². The van der Waals surface area contributed by atoms with E-state index in [4.69, 9.17) is 11.6 Å². The summed E-state index contributed by atoms with van der Waals surface area (Å²) in [7, 11) is 1.98. The lowest BCUT2D eigenvalue weighted by Crippen LogP contribution is -1.83. The van der Waals surface area contributed by atoms with Crippen LogP contribution in [0.3, 0.4) is 0 Å². The highest BCUT2D eigenvalue weighted by atomic mass is 35.5. The summed E-state index contributed by atoms with van der Waals surface area (Å²) in [6.45, 7) is 0. The zero-order valence-corrected chi connectivity index (χ0v) is 10.1. The van der Waals surface area contributed by atoms with E-state index in [1.807, 2.05) is 41.5 Å². The summed E-state index contributed by atoms with van der Waals surface area (Å²) in [6.07, 6.45) is 1.81. The standard InChI is InChI=1S/C11H8ClN3S/c1-15-6-13-8-4-7(2-3-10(8)15)9-5-16-11(12)14-9/h2-6H,1H3. The van der Waals surface area contributed by atoms with Crippen molar-refractivity contribution < 1.29 is 0 Å². The Kier molecular flexibility index (Phi) is 2.19. The molecule has 0 radical (unpaired) electrons. The van der Waals surface area contributed by atoms with Gasteiger partial charge in [-0.2, -0.15) is 0 Å². The van der Waals surface area contributed by atoms with Crippen molar-refractivity contribution in [2.45, 2.75) is 0 Å². The summed E-state index contributed by atoms with van der Waals surface area (Å²) in [5, 5.41) is 1.95. The lowest BCUT2D eigenvalue weighted by Gasteiger charge is -1.97. The molecular formula is C11H8ClN3S. The summed E-state index contributed by atoms with van der Waals surface area (Å²) in [5.74, 6) is 0. The number of aromatic nitrogens is 3. The number of nitrogens with zero attached hydrogens (tertiary/aromatic N) is 3. The van der Waals surface area contributed by atoms with Gasteiger partial charge in [0.05, 0.1) is 23.1 Å². The summed E-state index contributed by atoms with van der Waals surface area (Å²) < 4.78 is 2.56. The number of hydrogen-bond acceptors (Lipinski definition) is 3. The Balaban J connectivity index is 2.18. The number of thiazole rings is 1. The van der Waals surface area contributed by atoms with E-state index in [0.717, 1.165) is 22.3 Å². The molecule has 2 aromatic heterocycles. The van der Waals surface area contributed by atoms with Crippen LogP contribution in [0.2, 0.25) is 4.47 Å². The van der Waals surface area contributed by atoms with Crippen molar-refractivity contribution in [3.05, 3.63) is 34.4 Å². The van der Waals surface area contributed by atoms with E-state index in [9.17, 15) is 0 Å². The van der Waals surface area contributed by atoms with Crippen LogP contribution < -0.4 is 0 Å². The second kappa shape index (κ2) is 3.57. The molecule has 3 rings (SSSR count). The number of rotatable bonds is 1. The molecule has 0 aliphatic rings. The first kappa shape index (κ1) is 9.81. The quantitative estimate of drug-likeness (QED) is 0.662. The highest BCUT2D eigenvalue weighted by Crippen LogP contribution is 2.26. The molecule has 80 valence electrons. The van der Waals surface area contributed by atoms with Gasteiger partial charge in [0.2, 0.25) is 0 Å².